The molecule has 0 bridgehead atoms. The summed E-state index contributed by atoms with van der Waals surface area (Å²) in [4.78, 5) is 4.37. The number of aryl methyl sites for hydroxylation is 2. The van der Waals surface area contributed by atoms with E-state index in [0.29, 0.717) is 0 Å². The zero-order chi connectivity index (χ0) is 10.1. The van der Waals surface area contributed by atoms with Gasteiger partial charge in [0.05, 0.1) is 11.4 Å². The molecule has 0 aliphatic heterocycles. The average Bonchev–Trinajstić information content (AvgIpc) is 2.45. The number of rotatable bonds is 2. The second-order valence-corrected chi connectivity index (χ2v) is 4.08. The number of nitrogens with zero attached hydrogens (tertiary/aromatic N) is 3. The van der Waals surface area contributed by atoms with Gasteiger partial charge in [-0.1, -0.05) is 13.3 Å². The Kier molecular flexibility index (Phi) is 2.54. The van der Waals surface area contributed by atoms with Gasteiger partial charge in [-0.15, -0.1) is 0 Å². The Hall–Kier alpha value is -0.900. The van der Waals surface area contributed by atoms with Crippen molar-refractivity contribution in [3.05, 3.63) is 28.1 Å². The Balaban J connectivity index is 2.58. The van der Waals surface area contributed by atoms with Gasteiger partial charge in [0.25, 0.3) is 0 Å². The zero-order valence-electron chi connectivity index (χ0n) is 8.29. The fourth-order valence-electron chi connectivity index (χ4n) is 1.44. The van der Waals surface area contributed by atoms with Crippen molar-refractivity contribution < 1.29 is 0 Å². The van der Waals surface area contributed by atoms with Gasteiger partial charge in [-0.25, -0.2) is 9.50 Å². The number of hydrogen-bond acceptors (Lipinski definition) is 2. The largest absolute Gasteiger partial charge is 0.231 e. The summed E-state index contributed by atoms with van der Waals surface area (Å²) >= 11 is 3.47. The van der Waals surface area contributed by atoms with Crippen LogP contribution in [-0.4, -0.2) is 14.6 Å². The minimum atomic E-state index is 0.897. The molecule has 0 aliphatic rings. The van der Waals surface area contributed by atoms with Gasteiger partial charge in [-0.05, 0) is 41.4 Å². The standard InChI is InChI=1S/C10H12BrN3/c1-3-4-8-5-6-9-12-7(2)10(11)14(9)13-8/h5-6H,3-4H2,1-2H3. The fourth-order valence-corrected chi connectivity index (χ4v) is 1.79. The molecule has 14 heavy (non-hydrogen) atoms. The topological polar surface area (TPSA) is 30.2 Å². The fraction of sp³-hybridized carbons (Fsp3) is 0.400. The lowest BCUT2D eigenvalue weighted by atomic mass is 10.2. The first-order valence-electron chi connectivity index (χ1n) is 4.73. The Morgan fingerprint density at radius 2 is 2.21 bits per heavy atom. The van der Waals surface area contributed by atoms with Crippen LogP contribution in [0.25, 0.3) is 5.65 Å². The summed E-state index contributed by atoms with van der Waals surface area (Å²) in [6.45, 7) is 4.12. The van der Waals surface area contributed by atoms with Gasteiger partial charge in [-0.2, -0.15) is 5.10 Å². The maximum atomic E-state index is 4.49. The predicted octanol–water partition coefficient (Wildman–Crippen LogP) is 2.75. The summed E-state index contributed by atoms with van der Waals surface area (Å²) in [5.41, 5.74) is 2.98. The highest BCUT2D eigenvalue weighted by Gasteiger charge is 2.06. The molecule has 0 fully saturated rings. The van der Waals surface area contributed by atoms with E-state index in [1.807, 2.05) is 23.6 Å². The van der Waals surface area contributed by atoms with Gasteiger partial charge >= 0.3 is 0 Å². The Morgan fingerprint density at radius 1 is 1.43 bits per heavy atom. The second kappa shape index (κ2) is 3.69. The highest BCUT2D eigenvalue weighted by molar-refractivity contribution is 9.10. The summed E-state index contributed by atoms with van der Waals surface area (Å²) in [6, 6.07) is 4.05. The minimum absolute atomic E-state index is 0.897. The lowest BCUT2D eigenvalue weighted by Gasteiger charge is -1.99. The van der Waals surface area contributed by atoms with Crippen LogP contribution in [0.3, 0.4) is 0 Å². The van der Waals surface area contributed by atoms with Gasteiger partial charge in [-0.3, -0.25) is 0 Å². The summed E-state index contributed by atoms with van der Waals surface area (Å²) in [5, 5.41) is 4.49. The Labute approximate surface area is 91.3 Å². The maximum Gasteiger partial charge on any atom is 0.155 e. The molecule has 2 heterocycles. The number of imidazole rings is 1. The highest BCUT2D eigenvalue weighted by atomic mass is 79.9. The van der Waals surface area contributed by atoms with Crippen molar-refractivity contribution in [2.75, 3.05) is 0 Å². The SMILES string of the molecule is CCCc1ccc2nc(C)c(Br)n2n1. The van der Waals surface area contributed by atoms with Gasteiger partial charge in [0.1, 0.15) is 4.60 Å². The normalized spacial score (nSPS) is 11.1. The quantitative estimate of drug-likeness (QED) is 0.824. The van der Waals surface area contributed by atoms with E-state index < -0.39 is 0 Å². The third-order valence-electron chi connectivity index (χ3n) is 2.14. The molecule has 0 N–H and O–H groups in total. The predicted molar refractivity (Wildman–Crippen MR) is 59.4 cm³/mol. The molecule has 0 saturated carbocycles. The molecule has 0 spiro atoms. The van der Waals surface area contributed by atoms with Crippen LogP contribution in [-0.2, 0) is 6.42 Å². The maximum absolute atomic E-state index is 4.49. The first-order valence-corrected chi connectivity index (χ1v) is 5.52. The van der Waals surface area contributed by atoms with Gasteiger partial charge in [0, 0.05) is 0 Å². The zero-order valence-corrected chi connectivity index (χ0v) is 9.87. The van der Waals surface area contributed by atoms with Crippen molar-refractivity contribution in [2.24, 2.45) is 0 Å². The van der Waals surface area contributed by atoms with E-state index in [0.717, 1.165) is 34.5 Å². The van der Waals surface area contributed by atoms with Crippen LogP contribution in [0.15, 0.2) is 16.7 Å². The van der Waals surface area contributed by atoms with E-state index >= 15 is 0 Å². The second-order valence-electron chi connectivity index (χ2n) is 3.33. The van der Waals surface area contributed by atoms with Crippen molar-refractivity contribution >= 4 is 21.6 Å². The monoisotopic (exact) mass is 253 g/mol. The van der Waals surface area contributed by atoms with E-state index in [-0.39, 0.29) is 0 Å². The Morgan fingerprint density at radius 3 is 2.93 bits per heavy atom. The number of halogens is 1. The molecular weight excluding hydrogens is 242 g/mol. The van der Waals surface area contributed by atoms with Crippen LogP contribution in [0.5, 0.6) is 0 Å². The Bertz CT molecular complexity index is 462. The molecule has 0 amide bonds. The summed E-state index contributed by atoms with van der Waals surface area (Å²) in [7, 11) is 0. The number of aromatic nitrogens is 3. The molecule has 2 aromatic heterocycles. The van der Waals surface area contributed by atoms with Crippen LogP contribution in [0.4, 0.5) is 0 Å². The number of fused-ring (bicyclic) bond motifs is 1. The van der Waals surface area contributed by atoms with Crippen molar-refractivity contribution in [1.82, 2.24) is 14.6 Å². The smallest absolute Gasteiger partial charge is 0.155 e. The molecule has 0 radical (unpaired) electrons. The third-order valence-corrected chi connectivity index (χ3v) is 3.05. The van der Waals surface area contributed by atoms with E-state index in [2.05, 4.69) is 32.9 Å². The van der Waals surface area contributed by atoms with Gasteiger partial charge in [0.2, 0.25) is 0 Å². The van der Waals surface area contributed by atoms with Crippen LogP contribution < -0.4 is 0 Å². The van der Waals surface area contributed by atoms with E-state index in [4.69, 9.17) is 0 Å². The first kappa shape index (κ1) is 9.65. The van der Waals surface area contributed by atoms with Gasteiger partial charge < -0.3 is 0 Å². The summed E-state index contributed by atoms with van der Waals surface area (Å²) in [6.07, 6.45) is 2.13. The molecule has 2 rings (SSSR count). The minimum Gasteiger partial charge on any atom is -0.231 e. The lowest BCUT2D eigenvalue weighted by Crippen LogP contribution is -1.97. The highest BCUT2D eigenvalue weighted by Crippen LogP contribution is 2.17. The molecule has 0 atom stereocenters. The molecule has 74 valence electrons. The number of hydrogen-bond donors (Lipinski definition) is 0. The van der Waals surface area contributed by atoms with Gasteiger partial charge in [0.15, 0.2) is 5.65 Å². The van der Waals surface area contributed by atoms with Crippen LogP contribution >= 0.6 is 15.9 Å². The molecule has 0 aromatic carbocycles. The average molecular weight is 254 g/mol. The van der Waals surface area contributed by atoms with E-state index in [1.165, 1.54) is 0 Å². The molecular formula is C10H12BrN3. The van der Waals surface area contributed by atoms with Crippen molar-refractivity contribution in [2.45, 2.75) is 26.7 Å². The van der Waals surface area contributed by atoms with Crippen LogP contribution in [0, 0.1) is 6.92 Å². The summed E-state index contributed by atoms with van der Waals surface area (Å²) in [5.74, 6) is 0. The molecule has 2 aromatic rings. The van der Waals surface area contributed by atoms with E-state index in [9.17, 15) is 0 Å². The lowest BCUT2D eigenvalue weighted by molar-refractivity contribution is 0.801. The first-order chi connectivity index (χ1) is 6.72. The summed E-state index contributed by atoms with van der Waals surface area (Å²) < 4.78 is 2.80. The van der Waals surface area contributed by atoms with Crippen molar-refractivity contribution in [3.8, 4) is 0 Å². The molecule has 0 unspecified atom stereocenters. The molecule has 0 saturated heterocycles. The molecule has 3 nitrogen and oxygen atoms in total. The molecule has 4 heteroatoms. The van der Waals surface area contributed by atoms with Crippen molar-refractivity contribution in [1.29, 1.82) is 0 Å². The van der Waals surface area contributed by atoms with E-state index in [1.54, 1.807) is 0 Å². The van der Waals surface area contributed by atoms with Crippen LogP contribution in [0.2, 0.25) is 0 Å². The third kappa shape index (κ3) is 1.54. The molecule has 0 aliphatic carbocycles. The van der Waals surface area contributed by atoms with Crippen LogP contribution in [0.1, 0.15) is 24.7 Å². The van der Waals surface area contributed by atoms with Crippen molar-refractivity contribution in [3.63, 3.8) is 0 Å².